The molecule has 0 saturated carbocycles. The average molecular weight is 395 g/mol. The Balaban J connectivity index is 1.95. The number of benzene rings is 2. The van der Waals surface area contributed by atoms with Gasteiger partial charge in [0.1, 0.15) is 0 Å². The number of hydrogen-bond acceptors (Lipinski definition) is 3. The van der Waals surface area contributed by atoms with Crippen LogP contribution in [0.1, 0.15) is 35.6 Å². The van der Waals surface area contributed by atoms with Gasteiger partial charge in [-0.3, -0.25) is 0 Å². The van der Waals surface area contributed by atoms with Crippen molar-refractivity contribution in [2.75, 3.05) is 5.73 Å². The lowest BCUT2D eigenvalue weighted by Crippen LogP contribution is -2.31. The molecule has 4 nitrogen and oxygen atoms in total. The molecule has 6 heteroatoms. The molecule has 1 aliphatic carbocycles. The van der Waals surface area contributed by atoms with E-state index >= 15 is 0 Å². The van der Waals surface area contributed by atoms with Crippen molar-refractivity contribution >= 4 is 31.6 Å². The molecule has 0 radical (unpaired) electrons. The molecule has 3 N–H and O–H groups in total. The zero-order chi connectivity index (χ0) is 16.6. The molecular weight excluding hydrogens is 376 g/mol. The number of aryl methyl sites for hydroxylation is 2. The fraction of sp³-hybridized carbons (Fsp3) is 0.294. The molecule has 3 rings (SSSR count). The van der Waals surface area contributed by atoms with E-state index < -0.39 is 10.0 Å². The van der Waals surface area contributed by atoms with Crippen molar-refractivity contribution < 1.29 is 8.42 Å². The molecule has 0 fully saturated rings. The first-order valence-corrected chi connectivity index (χ1v) is 9.81. The maximum Gasteiger partial charge on any atom is 0.242 e. The second kappa shape index (κ2) is 6.26. The van der Waals surface area contributed by atoms with Gasteiger partial charge in [-0.05, 0) is 83.1 Å². The molecule has 0 saturated heterocycles. The number of nitrogens with two attached hydrogens (primary N) is 1. The van der Waals surface area contributed by atoms with Gasteiger partial charge in [0.25, 0.3) is 0 Å². The van der Waals surface area contributed by atoms with E-state index in [9.17, 15) is 8.42 Å². The second-order valence-corrected chi connectivity index (χ2v) is 8.49. The largest absolute Gasteiger partial charge is 0.399 e. The van der Waals surface area contributed by atoms with Crippen LogP contribution >= 0.6 is 15.9 Å². The molecule has 0 spiro atoms. The average Bonchev–Trinajstić information content (AvgIpc) is 2.49. The van der Waals surface area contributed by atoms with E-state index in [1.807, 2.05) is 31.2 Å². The number of nitrogens with one attached hydrogen (secondary N) is 1. The minimum Gasteiger partial charge on any atom is -0.399 e. The third-order valence-corrected chi connectivity index (χ3v) is 6.62. The predicted molar refractivity (Wildman–Crippen MR) is 95.7 cm³/mol. The third-order valence-electron chi connectivity index (χ3n) is 4.15. The van der Waals surface area contributed by atoms with E-state index in [4.69, 9.17) is 5.73 Å². The molecule has 23 heavy (non-hydrogen) atoms. The summed E-state index contributed by atoms with van der Waals surface area (Å²) in [7, 11) is -3.59. The highest BCUT2D eigenvalue weighted by Gasteiger charge is 2.27. The van der Waals surface area contributed by atoms with E-state index in [2.05, 4.69) is 20.7 Å². The summed E-state index contributed by atoms with van der Waals surface area (Å²) in [5.41, 5.74) is 9.62. The van der Waals surface area contributed by atoms with Crippen molar-refractivity contribution in [1.82, 2.24) is 4.72 Å². The molecule has 1 atom stereocenters. The third kappa shape index (κ3) is 3.44. The molecule has 0 heterocycles. The molecular formula is C17H19BrN2O2S. The van der Waals surface area contributed by atoms with Crippen LogP contribution in [-0.2, 0) is 16.4 Å². The first-order valence-electron chi connectivity index (χ1n) is 7.53. The number of hydrogen-bond donors (Lipinski definition) is 2. The topological polar surface area (TPSA) is 72.2 Å². The van der Waals surface area contributed by atoms with Crippen molar-refractivity contribution in [1.29, 1.82) is 0 Å². The lowest BCUT2D eigenvalue weighted by atomic mass is 9.88. The zero-order valence-corrected chi connectivity index (χ0v) is 15.2. The Morgan fingerprint density at radius 1 is 1.22 bits per heavy atom. The summed E-state index contributed by atoms with van der Waals surface area (Å²) in [4.78, 5) is 0.278. The Hall–Kier alpha value is -1.37. The number of anilines is 1. The number of fused-ring (bicyclic) bond motifs is 1. The van der Waals surface area contributed by atoms with E-state index in [1.165, 1.54) is 0 Å². The summed E-state index contributed by atoms with van der Waals surface area (Å²) >= 11 is 3.34. The smallest absolute Gasteiger partial charge is 0.242 e. The summed E-state index contributed by atoms with van der Waals surface area (Å²) in [6, 6.07) is 10.8. The van der Waals surface area contributed by atoms with Gasteiger partial charge >= 0.3 is 0 Å². The first kappa shape index (κ1) is 16.5. The van der Waals surface area contributed by atoms with Gasteiger partial charge in [-0.2, -0.15) is 0 Å². The number of halogens is 1. The van der Waals surface area contributed by atoms with Crippen LogP contribution in [0.25, 0.3) is 0 Å². The van der Waals surface area contributed by atoms with Crippen LogP contribution in [0.5, 0.6) is 0 Å². The Bertz CT molecular complexity index is 850. The second-order valence-electron chi connectivity index (χ2n) is 5.96. The standard InChI is InChI=1S/C17H19BrN2O2S/c1-11-5-8-15(18)17(9-11)23(21,22)20-16-4-2-3-12-10-13(19)6-7-14(12)16/h5-10,16,20H,2-4,19H2,1H3. The van der Waals surface area contributed by atoms with Gasteiger partial charge < -0.3 is 5.73 Å². The minimum absolute atomic E-state index is 0.211. The Kier molecular flexibility index (Phi) is 4.49. The molecule has 1 unspecified atom stereocenters. The zero-order valence-electron chi connectivity index (χ0n) is 12.8. The lowest BCUT2D eigenvalue weighted by Gasteiger charge is -2.26. The Morgan fingerprint density at radius 2 is 2.00 bits per heavy atom. The van der Waals surface area contributed by atoms with Gasteiger partial charge in [0.05, 0.1) is 4.90 Å². The fourth-order valence-corrected chi connectivity index (χ4v) is 5.32. The first-order chi connectivity index (χ1) is 10.9. The monoisotopic (exact) mass is 394 g/mol. The van der Waals surface area contributed by atoms with E-state index in [-0.39, 0.29) is 10.9 Å². The van der Waals surface area contributed by atoms with Crippen LogP contribution in [-0.4, -0.2) is 8.42 Å². The van der Waals surface area contributed by atoms with Crippen LogP contribution in [0, 0.1) is 6.92 Å². The normalized spacial score (nSPS) is 17.7. The van der Waals surface area contributed by atoms with Gasteiger partial charge in [-0.15, -0.1) is 0 Å². The highest BCUT2D eigenvalue weighted by molar-refractivity contribution is 9.10. The molecule has 0 aliphatic heterocycles. The fourth-order valence-electron chi connectivity index (χ4n) is 3.02. The Morgan fingerprint density at radius 3 is 2.78 bits per heavy atom. The summed E-state index contributed by atoms with van der Waals surface area (Å²) in [5, 5.41) is 0. The summed E-state index contributed by atoms with van der Waals surface area (Å²) in [6.07, 6.45) is 2.67. The van der Waals surface area contributed by atoms with E-state index in [1.54, 1.807) is 12.1 Å². The van der Waals surface area contributed by atoms with Gasteiger partial charge in [-0.1, -0.05) is 12.1 Å². The number of sulfonamides is 1. The molecule has 2 aromatic rings. The summed E-state index contributed by atoms with van der Waals surface area (Å²) < 4.78 is 29.0. The predicted octanol–water partition coefficient (Wildman–Crippen LogP) is 3.70. The van der Waals surface area contributed by atoms with Crippen molar-refractivity contribution in [2.24, 2.45) is 0 Å². The maximum absolute atomic E-state index is 12.8. The van der Waals surface area contributed by atoms with Crippen LogP contribution in [0.15, 0.2) is 45.8 Å². The highest BCUT2D eigenvalue weighted by Crippen LogP contribution is 2.33. The van der Waals surface area contributed by atoms with Crippen LogP contribution in [0.4, 0.5) is 5.69 Å². The Labute approximate surface area is 145 Å². The molecule has 2 aromatic carbocycles. The van der Waals surface area contributed by atoms with Crippen molar-refractivity contribution in [3.05, 3.63) is 57.6 Å². The SMILES string of the molecule is Cc1ccc(Br)c(S(=O)(=O)NC2CCCc3cc(N)ccc32)c1. The van der Waals surface area contributed by atoms with Crippen LogP contribution < -0.4 is 10.5 Å². The van der Waals surface area contributed by atoms with E-state index in [0.717, 1.165) is 36.0 Å². The maximum atomic E-state index is 12.8. The van der Waals surface area contributed by atoms with Gasteiger partial charge in [0, 0.05) is 16.2 Å². The van der Waals surface area contributed by atoms with Crippen molar-refractivity contribution in [3.8, 4) is 0 Å². The molecule has 122 valence electrons. The number of rotatable bonds is 3. The summed E-state index contributed by atoms with van der Waals surface area (Å²) in [5.74, 6) is 0. The van der Waals surface area contributed by atoms with Gasteiger partial charge in [0.15, 0.2) is 0 Å². The van der Waals surface area contributed by atoms with E-state index in [0.29, 0.717) is 10.2 Å². The summed E-state index contributed by atoms with van der Waals surface area (Å²) in [6.45, 7) is 1.88. The quantitative estimate of drug-likeness (QED) is 0.779. The lowest BCUT2D eigenvalue weighted by molar-refractivity contribution is 0.507. The highest BCUT2D eigenvalue weighted by atomic mass is 79.9. The minimum atomic E-state index is -3.59. The molecule has 0 aromatic heterocycles. The van der Waals surface area contributed by atoms with Crippen molar-refractivity contribution in [3.63, 3.8) is 0 Å². The van der Waals surface area contributed by atoms with Crippen LogP contribution in [0.3, 0.4) is 0 Å². The van der Waals surface area contributed by atoms with Crippen LogP contribution in [0.2, 0.25) is 0 Å². The molecule has 0 bridgehead atoms. The molecule has 0 amide bonds. The molecule has 1 aliphatic rings. The van der Waals surface area contributed by atoms with Gasteiger partial charge in [0.2, 0.25) is 10.0 Å². The van der Waals surface area contributed by atoms with Crippen molar-refractivity contribution in [2.45, 2.75) is 37.1 Å². The van der Waals surface area contributed by atoms with Gasteiger partial charge in [-0.25, -0.2) is 13.1 Å². The number of nitrogen functional groups attached to an aromatic ring is 1.